The number of hydrogen-bond acceptors (Lipinski definition) is 4. The number of likely N-dealkylation sites (tertiary alicyclic amines) is 1. The molecule has 118 valence electrons. The van der Waals surface area contributed by atoms with Crippen molar-refractivity contribution in [2.75, 3.05) is 45.9 Å². The number of morpholine rings is 1. The molecule has 2 saturated heterocycles. The van der Waals surface area contributed by atoms with E-state index in [0.717, 1.165) is 38.9 Å². The van der Waals surface area contributed by atoms with Gasteiger partial charge in [-0.2, -0.15) is 0 Å². The highest BCUT2D eigenvalue weighted by molar-refractivity contribution is 4.95. The second-order valence-electron chi connectivity index (χ2n) is 6.70. The molecule has 2 rings (SSSR count). The summed E-state index contributed by atoms with van der Waals surface area (Å²) in [5, 5.41) is 0. The van der Waals surface area contributed by atoms with Crippen LogP contribution in [0.2, 0.25) is 0 Å². The van der Waals surface area contributed by atoms with Gasteiger partial charge in [0.15, 0.2) is 0 Å². The average molecular weight is 283 g/mol. The van der Waals surface area contributed by atoms with Crippen molar-refractivity contribution >= 4 is 0 Å². The van der Waals surface area contributed by atoms with E-state index in [4.69, 9.17) is 10.5 Å². The van der Waals surface area contributed by atoms with E-state index in [2.05, 4.69) is 23.6 Å². The molecular formula is C16H33N3O. The fourth-order valence-electron chi connectivity index (χ4n) is 3.62. The van der Waals surface area contributed by atoms with Crippen molar-refractivity contribution in [1.29, 1.82) is 0 Å². The molecule has 0 aromatic heterocycles. The van der Waals surface area contributed by atoms with Gasteiger partial charge < -0.3 is 10.5 Å². The van der Waals surface area contributed by atoms with Gasteiger partial charge in [-0.3, -0.25) is 9.80 Å². The zero-order valence-electron chi connectivity index (χ0n) is 13.4. The van der Waals surface area contributed by atoms with Crippen LogP contribution >= 0.6 is 0 Å². The Labute approximate surface area is 124 Å². The van der Waals surface area contributed by atoms with E-state index >= 15 is 0 Å². The Morgan fingerprint density at radius 1 is 1.20 bits per heavy atom. The van der Waals surface area contributed by atoms with Crippen molar-refractivity contribution in [3.8, 4) is 0 Å². The van der Waals surface area contributed by atoms with Crippen LogP contribution in [-0.2, 0) is 4.74 Å². The summed E-state index contributed by atoms with van der Waals surface area (Å²) in [4.78, 5) is 5.27. The zero-order chi connectivity index (χ0) is 14.4. The van der Waals surface area contributed by atoms with Gasteiger partial charge in [0, 0.05) is 44.3 Å². The monoisotopic (exact) mass is 283 g/mol. The maximum Gasteiger partial charge on any atom is 0.0594 e. The number of nitrogens with zero attached hydrogens (tertiary/aromatic N) is 2. The smallest absolute Gasteiger partial charge is 0.0594 e. The SMILES string of the molecule is CCCCCC(C)(CN)N1CCC(N2CCOCC2)C1. The molecular weight excluding hydrogens is 250 g/mol. The Kier molecular flexibility index (Phi) is 6.27. The predicted molar refractivity (Wildman–Crippen MR) is 84.0 cm³/mol. The summed E-state index contributed by atoms with van der Waals surface area (Å²) in [5.74, 6) is 0. The molecule has 0 bridgehead atoms. The molecule has 2 unspecified atom stereocenters. The van der Waals surface area contributed by atoms with Crippen molar-refractivity contribution in [2.45, 2.75) is 57.5 Å². The first kappa shape index (κ1) is 16.2. The molecule has 2 aliphatic heterocycles. The third kappa shape index (κ3) is 3.94. The minimum Gasteiger partial charge on any atom is -0.379 e. The van der Waals surface area contributed by atoms with Crippen LogP contribution in [-0.4, -0.2) is 67.3 Å². The first-order valence-electron chi connectivity index (χ1n) is 8.46. The van der Waals surface area contributed by atoms with Crippen molar-refractivity contribution in [3.05, 3.63) is 0 Å². The van der Waals surface area contributed by atoms with Crippen LogP contribution in [0.3, 0.4) is 0 Å². The average Bonchev–Trinajstić information content (AvgIpc) is 2.99. The molecule has 20 heavy (non-hydrogen) atoms. The van der Waals surface area contributed by atoms with E-state index in [1.807, 2.05) is 0 Å². The molecule has 0 radical (unpaired) electrons. The lowest BCUT2D eigenvalue weighted by Crippen LogP contribution is -2.52. The van der Waals surface area contributed by atoms with Crippen LogP contribution in [0.15, 0.2) is 0 Å². The Morgan fingerprint density at radius 2 is 1.95 bits per heavy atom. The molecule has 4 nitrogen and oxygen atoms in total. The molecule has 4 heteroatoms. The summed E-state index contributed by atoms with van der Waals surface area (Å²) in [6.45, 7) is 11.8. The van der Waals surface area contributed by atoms with Gasteiger partial charge in [0.25, 0.3) is 0 Å². The molecule has 2 N–H and O–H groups in total. The maximum absolute atomic E-state index is 6.12. The van der Waals surface area contributed by atoms with Crippen molar-refractivity contribution in [2.24, 2.45) is 5.73 Å². The number of unbranched alkanes of at least 4 members (excludes halogenated alkanes) is 2. The van der Waals surface area contributed by atoms with Gasteiger partial charge in [0.2, 0.25) is 0 Å². The van der Waals surface area contributed by atoms with E-state index < -0.39 is 0 Å². The third-order valence-electron chi connectivity index (χ3n) is 5.25. The molecule has 2 aliphatic rings. The fourth-order valence-corrected chi connectivity index (χ4v) is 3.62. The Hall–Kier alpha value is -0.160. The molecule has 2 atom stereocenters. The lowest BCUT2D eigenvalue weighted by atomic mass is 9.92. The Balaban J connectivity index is 1.85. The first-order chi connectivity index (χ1) is 9.69. The minimum atomic E-state index is 0.205. The molecule has 0 aromatic rings. The zero-order valence-corrected chi connectivity index (χ0v) is 13.4. The molecule has 0 saturated carbocycles. The van der Waals surface area contributed by atoms with Crippen LogP contribution in [0.4, 0.5) is 0 Å². The summed E-state index contributed by atoms with van der Waals surface area (Å²) >= 11 is 0. The van der Waals surface area contributed by atoms with Gasteiger partial charge in [0.1, 0.15) is 0 Å². The van der Waals surface area contributed by atoms with Crippen LogP contribution in [0.1, 0.15) is 46.0 Å². The van der Waals surface area contributed by atoms with Gasteiger partial charge in [-0.1, -0.05) is 26.2 Å². The largest absolute Gasteiger partial charge is 0.379 e. The Bertz CT molecular complexity index is 281. The highest BCUT2D eigenvalue weighted by Crippen LogP contribution is 2.28. The lowest BCUT2D eigenvalue weighted by Gasteiger charge is -2.39. The first-order valence-corrected chi connectivity index (χ1v) is 8.46. The Morgan fingerprint density at radius 3 is 2.60 bits per heavy atom. The highest BCUT2D eigenvalue weighted by atomic mass is 16.5. The number of hydrogen-bond donors (Lipinski definition) is 1. The molecule has 2 fully saturated rings. The molecule has 0 aromatic carbocycles. The molecule has 0 amide bonds. The summed E-state index contributed by atoms with van der Waals surface area (Å²) < 4.78 is 5.46. The van der Waals surface area contributed by atoms with E-state index in [-0.39, 0.29) is 5.54 Å². The minimum absolute atomic E-state index is 0.205. The second-order valence-corrected chi connectivity index (χ2v) is 6.70. The van der Waals surface area contributed by atoms with Gasteiger partial charge >= 0.3 is 0 Å². The van der Waals surface area contributed by atoms with Gasteiger partial charge in [-0.15, -0.1) is 0 Å². The van der Waals surface area contributed by atoms with Crippen LogP contribution in [0.25, 0.3) is 0 Å². The highest BCUT2D eigenvalue weighted by Gasteiger charge is 2.37. The topological polar surface area (TPSA) is 41.7 Å². The number of nitrogens with two attached hydrogens (primary N) is 1. The summed E-state index contributed by atoms with van der Waals surface area (Å²) in [6.07, 6.45) is 6.47. The number of rotatable bonds is 7. The van der Waals surface area contributed by atoms with E-state index in [9.17, 15) is 0 Å². The normalized spacial score (nSPS) is 28.6. The van der Waals surface area contributed by atoms with Crippen LogP contribution in [0, 0.1) is 0 Å². The van der Waals surface area contributed by atoms with Gasteiger partial charge in [0.05, 0.1) is 13.2 Å². The van der Waals surface area contributed by atoms with E-state index in [1.165, 1.54) is 45.2 Å². The van der Waals surface area contributed by atoms with Crippen LogP contribution in [0.5, 0.6) is 0 Å². The summed E-state index contributed by atoms with van der Waals surface area (Å²) in [7, 11) is 0. The number of ether oxygens (including phenoxy) is 1. The maximum atomic E-state index is 6.12. The van der Waals surface area contributed by atoms with Gasteiger partial charge in [-0.25, -0.2) is 0 Å². The quantitative estimate of drug-likeness (QED) is 0.722. The fraction of sp³-hybridized carbons (Fsp3) is 1.00. The summed E-state index contributed by atoms with van der Waals surface area (Å²) in [6, 6.07) is 0.718. The van der Waals surface area contributed by atoms with Crippen molar-refractivity contribution in [3.63, 3.8) is 0 Å². The molecule has 0 spiro atoms. The predicted octanol–water partition coefficient (Wildman–Crippen LogP) is 1.69. The van der Waals surface area contributed by atoms with E-state index in [1.54, 1.807) is 0 Å². The third-order valence-corrected chi connectivity index (χ3v) is 5.25. The lowest BCUT2D eigenvalue weighted by molar-refractivity contribution is 0.0150. The van der Waals surface area contributed by atoms with Gasteiger partial charge in [-0.05, 0) is 19.8 Å². The summed E-state index contributed by atoms with van der Waals surface area (Å²) in [5.41, 5.74) is 6.32. The van der Waals surface area contributed by atoms with Crippen molar-refractivity contribution in [1.82, 2.24) is 9.80 Å². The molecule has 0 aliphatic carbocycles. The molecule has 2 heterocycles. The standard InChI is InChI=1S/C16H33N3O/c1-3-4-5-7-16(2,14-17)19-8-6-15(13-19)18-9-11-20-12-10-18/h15H,3-14,17H2,1-2H3. The second kappa shape index (κ2) is 7.74. The van der Waals surface area contributed by atoms with Crippen LogP contribution < -0.4 is 5.73 Å². The van der Waals surface area contributed by atoms with E-state index in [0.29, 0.717) is 0 Å². The van der Waals surface area contributed by atoms with Crippen molar-refractivity contribution < 1.29 is 4.74 Å².